The molecule has 0 saturated heterocycles. The van der Waals surface area contributed by atoms with Crippen molar-refractivity contribution < 1.29 is 27.1 Å². The van der Waals surface area contributed by atoms with Crippen LogP contribution in [0.5, 0.6) is 0 Å². The number of aromatic nitrogens is 2. The van der Waals surface area contributed by atoms with Crippen LogP contribution in [0.4, 0.5) is 17.6 Å². The van der Waals surface area contributed by atoms with Crippen molar-refractivity contribution in [3.8, 4) is 11.3 Å². The van der Waals surface area contributed by atoms with Crippen LogP contribution in [-0.4, -0.2) is 26.4 Å². The molecule has 0 saturated carbocycles. The van der Waals surface area contributed by atoms with E-state index in [4.69, 9.17) is 4.42 Å². The fourth-order valence-electron chi connectivity index (χ4n) is 4.39. The molecule has 0 aliphatic rings. The first kappa shape index (κ1) is 27.1. The maximum atomic E-state index is 14.3. The van der Waals surface area contributed by atoms with Gasteiger partial charge in [-0.15, -0.1) is 0 Å². The highest BCUT2D eigenvalue weighted by Gasteiger charge is 2.56. The van der Waals surface area contributed by atoms with Gasteiger partial charge in [-0.25, -0.2) is 9.37 Å². The van der Waals surface area contributed by atoms with Crippen LogP contribution in [0.25, 0.3) is 22.2 Å². The summed E-state index contributed by atoms with van der Waals surface area (Å²) in [4.78, 5) is 16.0. The van der Waals surface area contributed by atoms with Crippen molar-refractivity contribution in [3.63, 3.8) is 0 Å². The van der Waals surface area contributed by atoms with Gasteiger partial charge in [0.25, 0.3) is 0 Å². The molecule has 0 fully saturated rings. The second kappa shape index (κ2) is 10.3. The SMILES string of the molecule is CC.CC(C)(CC(O)(Cn1ccc(=O)c2ccccc21)C(F)(F)F)c1cc(F)ccc1-c1cnco1. The zero-order valence-electron chi connectivity index (χ0n) is 20.4. The lowest BCUT2D eigenvalue weighted by Crippen LogP contribution is -2.52. The van der Waals surface area contributed by atoms with E-state index in [0.29, 0.717) is 5.56 Å². The number of benzene rings is 2. The van der Waals surface area contributed by atoms with Crippen molar-refractivity contribution in [1.82, 2.24) is 9.55 Å². The number of halogens is 4. The third-order valence-corrected chi connectivity index (χ3v) is 5.99. The smallest absolute Gasteiger partial charge is 0.418 e. The first-order valence-electron chi connectivity index (χ1n) is 11.5. The van der Waals surface area contributed by atoms with Gasteiger partial charge < -0.3 is 14.1 Å². The summed E-state index contributed by atoms with van der Waals surface area (Å²) in [6.07, 6.45) is -2.02. The molecule has 0 bridgehead atoms. The molecule has 0 radical (unpaired) electrons. The number of pyridine rings is 1. The van der Waals surface area contributed by atoms with Crippen LogP contribution in [0.1, 0.15) is 39.7 Å². The van der Waals surface area contributed by atoms with Gasteiger partial charge in [-0.3, -0.25) is 4.79 Å². The average Bonchev–Trinajstić information content (AvgIpc) is 3.36. The highest BCUT2D eigenvalue weighted by atomic mass is 19.4. The molecular formula is C27H28F4N2O3. The molecule has 4 aromatic rings. The fraction of sp³-hybridized carbons (Fsp3) is 0.333. The Morgan fingerprint density at radius 2 is 1.75 bits per heavy atom. The van der Waals surface area contributed by atoms with E-state index in [9.17, 15) is 27.5 Å². The van der Waals surface area contributed by atoms with E-state index in [-0.39, 0.29) is 27.7 Å². The van der Waals surface area contributed by atoms with Gasteiger partial charge >= 0.3 is 6.18 Å². The summed E-state index contributed by atoms with van der Waals surface area (Å²) in [5.74, 6) is -0.363. The Labute approximate surface area is 206 Å². The predicted molar refractivity (Wildman–Crippen MR) is 130 cm³/mol. The van der Waals surface area contributed by atoms with Gasteiger partial charge in [0.2, 0.25) is 0 Å². The largest absolute Gasteiger partial charge is 0.444 e. The number of hydrogen-bond donors (Lipinski definition) is 1. The number of para-hydroxylation sites is 1. The molecule has 0 spiro atoms. The first-order chi connectivity index (χ1) is 16.9. The van der Waals surface area contributed by atoms with Gasteiger partial charge in [0, 0.05) is 23.2 Å². The molecule has 0 amide bonds. The Morgan fingerprint density at radius 3 is 2.39 bits per heavy atom. The lowest BCUT2D eigenvalue weighted by atomic mass is 9.73. The minimum atomic E-state index is -5.02. The van der Waals surface area contributed by atoms with E-state index in [1.807, 2.05) is 13.8 Å². The highest BCUT2D eigenvalue weighted by Crippen LogP contribution is 2.44. The topological polar surface area (TPSA) is 68.3 Å². The summed E-state index contributed by atoms with van der Waals surface area (Å²) in [5.41, 5.74) is -4.00. The number of hydrogen-bond acceptors (Lipinski definition) is 4. The van der Waals surface area contributed by atoms with E-state index < -0.39 is 36.0 Å². The monoisotopic (exact) mass is 504 g/mol. The zero-order chi connectivity index (χ0) is 26.7. The van der Waals surface area contributed by atoms with Gasteiger partial charge in [-0.2, -0.15) is 13.2 Å². The van der Waals surface area contributed by atoms with Crippen molar-refractivity contribution in [2.45, 2.75) is 57.9 Å². The normalized spacial score (nSPS) is 13.7. The molecular weight excluding hydrogens is 476 g/mol. The third kappa shape index (κ3) is 5.36. The minimum Gasteiger partial charge on any atom is -0.444 e. The van der Waals surface area contributed by atoms with Crippen molar-refractivity contribution in [2.75, 3.05) is 0 Å². The Hall–Kier alpha value is -3.46. The van der Waals surface area contributed by atoms with Crippen molar-refractivity contribution in [3.05, 3.63) is 88.9 Å². The molecule has 1 N–H and O–H groups in total. The minimum absolute atomic E-state index is 0.233. The molecule has 2 aromatic heterocycles. The van der Waals surface area contributed by atoms with E-state index in [1.54, 1.807) is 12.1 Å². The quantitative estimate of drug-likeness (QED) is 0.305. The molecule has 1 unspecified atom stereocenters. The van der Waals surface area contributed by atoms with Crippen LogP contribution in [0.3, 0.4) is 0 Å². The standard InChI is InChI=1S/C25H22F4N2O3.C2H6/c1-23(2,19-11-16(26)7-8-17(19)22-12-30-15-34-22)13-24(33,25(27,28)29)14-31-10-9-21(32)18-5-3-4-6-20(18)31;1-2/h3-12,15,33H,13-14H2,1-2H3;1-2H3. The molecule has 9 heteroatoms. The van der Waals surface area contributed by atoms with Crippen LogP contribution < -0.4 is 5.43 Å². The molecule has 36 heavy (non-hydrogen) atoms. The molecule has 1 atom stereocenters. The fourth-order valence-corrected chi connectivity index (χ4v) is 4.39. The average molecular weight is 505 g/mol. The van der Waals surface area contributed by atoms with Gasteiger partial charge in [0.05, 0.1) is 18.3 Å². The Morgan fingerprint density at radius 1 is 1.06 bits per heavy atom. The van der Waals surface area contributed by atoms with Gasteiger partial charge in [0.15, 0.2) is 23.2 Å². The third-order valence-electron chi connectivity index (χ3n) is 5.99. The summed E-state index contributed by atoms with van der Waals surface area (Å²) in [5, 5.41) is 11.3. The van der Waals surface area contributed by atoms with Gasteiger partial charge in [-0.05, 0) is 47.7 Å². The lowest BCUT2D eigenvalue weighted by molar-refractivity contribution is -0.271. The lowest BCUT2D eigenvalue weighted by Gasteiger charge is -2.39. The number of rotatable bonds is 6. The van der Waals surface area contributed by atoms with Crippen molar-refractivity contribution in [1.29, 1.82) is 0 Å². The van der Waals surface area contributed by atoms with E-state index >= 15 is 0 Å². The zero-order valence-corrected chi connectivity index (χ0v) is 20.4. The van der Waals surface area contributed by atoms with Crippen LogP contribution in [0.15, 0.2) is 76.5 Å². The number of nitrogens with zero attached hydrogens (tertiary/aromatic N) is 2. The Kier molecular flexibility index (Phi) is 7.73. The summed E-state index contributed by atoms with van der Waals surface area (Å²) in [6.45, 7) is 6.15. The van der Waals surface area contributed by atoms with Crippen LogP contribution in [0, 0.1) is 5.82 Å². The van der Waals surface area contributed by atoms with Crippen LogP contribution in [0.2, 0.25) is 0 Å². The maximum absolute atomic E-state index is 14.3. The molecule has 0 aliphatic heterocycles. The maximum Gasteiger partial charge on any atom is 0.418 e. The first-order valence-corrected chi connectivity index (χ1v) is 11.5. The number of alkyl halides is 3. The predicted octanol–water partition coefficient (Wildman–Crippen LogP) is 6.48. The molecule has 4 rings (SSSR count). The highest BCUT2D eigenvalue weighted by molar-refractivity contribution is 5.78. The van der Waals surface area contributed by atoms with E-state index in [2.05, 4.69) is 4.98 Å². The molecule has 2 heterocycles. The van der Waals surface area contributed by atoms with Gasteiger partial charge in [-0.1, -0.05) is 39.8 Å². The van der Waals surface area contributed by atoms with E-state index in [1.165, 1.54) is 67.5 Å². The summed E-state index contributed by atoms with van der Waals surface area (Å²) >= 11 is 0. The van der Waals surface area contributed by atoms with Crippen LogP contribution in [-0.2, 0) is 12.0 Å². The second-order valence-electron chi connectivity index (χ2n) is 8.97. The summed E-state index contributed by atoms with van der Waals surface area (Å²) in [6, 6.07) is 11.2. The van der Waals surface area contributed by atoms with Crippen LogP contribution >= 0.6 is 0 Å². The molecule has 2 aromatic carbocycles. The molecule has 0 aliphatic carbocycles. The summed E-state index contributed by atoms with van der Waals surface area (Å²) in [7, 11) is 0. The number of oxazole rings is 1. The van der Waals surface area contributed by atoms with E-state index in [0.717, 1.165) is 6.07 Å². The summed E-state index contributed by atoms with van der Waals surface area (Å²) < 4.78 is 63.7. The molecule has 5 nitrogen and oxygen atoms in total. The van der Waals surface area contributed by atoms with Gasteiger partial charge in [0.1, 0.15) is 5.82 Å². The molecule has 192 valence electrons. The second-order valence-corrected chi connectivity index (χ2v) is 8.97. The number of fused-ring (bicyclic) bond motifs is 1. The Balaban J connectivity index is 0.00000176. The number of aliphatic hydroxyl groups is 1. The van der Waals surface area contributed by atoms with Crippen molar-refractivity contribution >= 4 is 10.9 Å². The van der Waals surface area contributed by atoms with Crippen molar-refractivity contribution in [2.24, 2.45) is 0 Å². The Bertz CT molecular complexity index is 1380.